The van der Waals surface area contributed by atoms with Crippen LogP contribution in [0.3, 0.4) is 0 Å². The molecule has 27 heavy (non-hydrogen) atoms. The molecule has 3 aliphatic heterocycles. The van der Waals surface area contributed by atoms with Crippen molar-refractivity contribution in [1.82, 2.24) is 15.1 Å². The van der Waals surface area contributed by atoms with Gasteiger partial charge in [-0.2, -0.15) is 0 Å². The summed E-state index contributed by atoms with van der Waals surface area (Å²) in [4.78, 5) is 9.78. The van der Waals surface area contributed by atoms with Crippen molar-refractivity contribution < 1.29 is 9.47 Å². The van der Waals surface area contributed by atoms with Crippen LogP contribution < -0.4 is 5.32 Å². The summed E-state index contributed by atoms with van der Waals surface area (Å²) in [6.07, 6.45) is 8.37. The number of aliphatic imine (C=N–C) groups is 1. The second-order valence-corrected chi connectivity index (χ2v) is 9.37. The van der Waals surface area contributed by atoms with Crippen LogP contribution in [0.25, 0.3) is 0 Å². The number of guanidine groups is 1. The molecule has 0 aromatic rings. The highest BCUT2D eigenvalue weighted by Crippen LogP contribution is 2.60. The van der Waals surface area contributed by atoms with Crippen LogP contribution in [-0.2, 0) is 9.47 Å². The highest BCUT2D eigenvalue weighted by Gasteiger charge is 2.65. The number of nitrogens with zero attached hydrogens (tertiary/aromatic N) is 3. The molecular weight excluding hydrogens is 340 g/mol. The van der Waals surface area contributed by atoms with E-state index in [0.717, 1.165) is 57.9 Å². The molecule has 6 heteroatoms. The lowest BCUT2D eigenvalue weighted by Gasteiger charge is -2.57. The van der Waals surface area contributed by atoms with Gasteiger partial charge in [0.05, 0.1) is 12.7 Å². The fourth-order valence-corrected chi connectivity index (χ4v) is 6.58. The van der Waals surface area contributed by atoms with Crippen molar-refractivity contribution in [2.45, 2.75) is 50.7 Å². The van der Waals surface area contributed by atoms with Crippen molar-refractivity contribution in [3.05, 3.63) is 0 Å². The largest absolute Gasteiger partial charge is 0.381 e. The molecule has 5 rings (SSSR count). The summed E-state index contributed by atoms with van der Waals surface area (Å²) >= 11 is 0. The van der Waals surface area contributed by atoms with E-state index in [9.17, 15) is 0 Å². The van der Waals surface area contributed by atoms with Crippen molar-refractivity contribution in [3.63, 3.8) is 0 Å². The first kappa shape index (κ1) is 18.2. The van der Waals surface area contributed by atoms with Crippen LogP contribution in [-0.4, -0.2) is 87.5 Å². The minimum Gasteiger partial charge on any atom is -0.381 e. The number of fused-ring (bicyclic) bond motifs is 2. The van der Waals surface area contributed by atoms with E-state index in [1.54, 1.807) is 0 Å². The summed E-state index contributed by atoms with van der Waals surface area (Å²) in [5.74, 6) is 2.56. The van der Waals surface area contributed by atoms with Crippen LogP contribution in [0.15, 0.2) is 4.99 Å². The average molecular weight is 377 g/mol. The van der Waals surface area contributed by atoms with Gasteiger partial charge in [0.2, 0.25) is 0 Å². The van der Waals surface area contributed by atoms with E-state index in [-0.39, 0.29) is 0 Å². The van der Waals surface area contributed by atoms with Crippen LogP contribution in [0.4, 0.5) is 0 Å². The predicted molar refractivity (Wildman–Crippen MR) is 106 cm³/mol. The third-order valence-electron chi connectivity index (χ3n) is 7.99. The number of ether oxygens (including phenoxy) is 2. The van der Waals surface area contributed by atoms with Gasteiger partial charge in [-0.25, -0.2) is 0 Å². The number of hydrogen-bond donors (Lipinski definition) is 1. The van der Waals surface area contributed by atoms with Crippen LogP contribution in [0.1, 0.15) is 38.5 Å². The first-order valence-corrected chi connectivity index (χ1v) is 11.2. The van der Waals surface area contributed by atoms with Crippen molar-refractivity contribution in [1.29, 1.82) is 0 Å². The lowest BCUT2D eigenvalue weighted by molar-refractivity contribution is -0.125. The summed E-state index contributed by atoms with van der Waals surface area (Å²) in [5, 5.41) is 3.92. The Morgan fingerprint density at radius 2 is 1.93 bits per heavy atom. The molecule has 152 valence electrons. The second kappa shape index (κ2) is 7.53. The standard InChI is InChI=1S/C21H36N4O2/c1-22-20(25-10-8-24(9-11-25)14-16-4-12-26-15-16)23-18-17-5-13-27-19(17)21(18)6-2-3-7-21/h16-19H,2-15H2,1H3,(H,22,23). The summed E-state index contributed by atoms with van der Waals surface area (Å²) < 4.78 is 11.7. The van der Waals surface area contributed by atoms with Crippen LogP contribution in [0, 0.1) is 17.3 Å². The summed E-state index contributed by atoms with van der Waals surface area (Å²) in [7, 11) is 1.95. The summed E-state index contributed by atoms with van der Waals surface area (Å²) in [5.41, 5.74) is 0.390. The smallest absolute Gasteiger partial charge is 0.193 e. The first-order valence-electron chi connectivity index (χ1n) is 11.2. The van der Waals surface area contributed by atoms with Gasteiger partial charge in [-0.15, -0.1) is 0 Å². The zero-order chi connectivity index (χ0) is 18.3. The monoisotopic (exact) mass is 376 g/mol. The maximum atomic E-state index is 6.15. The molecule has 5 fully saturated rings. The van der Waals surface area contributed by atoms with Gasteiger partial charge < -0.3 is 19.7 Å². The maximum absolute atomic E-state index is 6.15. The second-order valence-electron chi connectivity index (χ2n) is 9.37. The predicted octanol–water partition coefficient (Wildman–Crippen LogP) is 1.56. The molecule has 0 bridgehead atoms. The lowest BCUT2D eigenvalue weighted by atomic mass is 9.54. The topological polar surface area (TPSA) is 49.3 Å². The fraction of sp³-hybridized carbons (Fsp3) is 0.952. The van der Waals surface area contributed by atoms with E-state index in [2.05, 4.69) is 20.1 Å². The Kier molecular flexibility index (Phi) is 5.07. The quantitative estimate of drug-likeness (QED) is 0.598. The van der Waals surface area contributed by atoms with E-state index in [1.165, 1.54) is 45.1 Å². The Balaban J connectivity index is 1.18. The van der Waals surface area contributed by atoms with Gasteiger partial charge in [0, 0.05) is 70.4 Å². The minimum atomic E-state index is 0.390. The number of hydrogen-bond acceptors (Lipinski definition) is 4. The van der Waals surface area contributed by atoms with Gasteiger partial charge in [-0.05, 0) is 31.6 Å². The minimum absolute atomic E-state index is 0.390. The van der Waals surface area contributed by atoms with E-state index < -0.39 is 0 Å². The molecule has 0 aromatic heterocycles. The highest BCUT2D eigenvalue weighted by atomic mass is 16.5. The van der Waals surface area contributed by atoms with E-state index in [4.69, 9.17) is 9.47 Å². The number of rotatable bonds is 3. The lowest BCUT2D eigenvalue weighted by Crippen LogP contribution is -2.70. The van der Waals surface area contributed by atoms with E-state index in [0.29, 0.717) is 23.5 Å². The number of nitrogens with one attached hydrogen (secondary N) is 1. The van der Waals surface area contributed by atoms with Crippen molar-refractivity contribution in [3.8, 4) is 0 Å². The van der Waals surface area contributed by atoms with Gasteiger partial charge >= 0.3 is 0 Å². The molecule has 0 amide bonds. The molecule has 2 saturated carbocycles. The average Bonchev–Trinajstić information content (AvgIpc) is 3.44. The van der Waals surface area contributed by atoms with Gasteiger partial charge in [-0.1, -0.05) is 12.8 Å². The van der Waals surface area contributed by atoms with E-state index >= 15 is 0 Å². The van der Waals surface area contributed by atoms with Gasteiger partial charge in [0.15, 0.2) is 5.96 Å². The van der Waals surface area contributed by atoms with Crippen LogP contribution in [0.2, 0.25) is 0 Å². The molecule has 3 heterocycles. The van der Waals surface area contributed by atoms with Crippen molar-refractivity contribution >= 4 is 5.96 Å². The SMILES string of the molecule is CN=C(NC1C2CCOC2C12CCCC2)N1CCN(CC2CCOC2)CC1. The Bertz CT molecular complexity index is 548. The first-order chi connectivity index (χ1) is 13.3. The normalized spacial score (nSPS) is 39.0. The highest BCUT2D eigenvalue weighted by molar-refractivity contribution is 5.80. The maximum Gasteiger partial charge on any atom is 0.193 e. The molecule has 5 aliphatic rings. The van der Waals surface area contributed by atoms with Crippen LogP contribution in [0.5, 0.6) is 0 Å². The Hall–Kier alpha value is -0.850. The molecular formula is C21H36N4O2. The molecule has 4 unspecified atom stereocenters. The van der Waals surface area contributed by atoms with Gasteiger partial charge in [0.1, 0.15) is 0 Å². The zero-order valence-corrected chi connectivity index (χ0v) is 16.9. The third kappa shape index (κ3) is 3.18. The number of piperazine rings is 1. The summed E-state index contributed by atoms with van der Waals surface area (Å²) in [6.45, 7) is 8.51. The molecule has 1 N–H and O–H groups in total. The molecule has 3 saturated heterocycles. The van der Waals surface area contributed by atoms with Gasteiger partial charge in [-0.3, -0.25) is 9.89 Å². The van der Waals surface area contributed by atoms with Crippen molar-refractivity contribution in [2.75, 3.05) is 59.6 Å². The summed E-state index contributed by atoms with van der Waals surface area (Å²) in [6, 6.07) is 0.569. The van der Waals surface area contributed by atoms with Crippen LogP contribution >= 0.6 is 0 Å². The fourth-order valence-electron chi connectivity index (χ4n) is 6.58. The third-order valence-corrected chi connectivity index (χ3v) is 7.99. The molecule has 1 spiro atoms. The molecule has 0 aromatic carbocycles. The van der Waals surface area contributed by atoms with Gasteiger partial charge in [0.25, 0.3) is 0 Å². The Labute approximate surface area is 163 Å². The molecule has 4 atom stereocenters. The Morgan fingerprint density at radius 1 is 1.11 bits per heavy atom. The zero-order valence-electron chi connectivity index (χ0n) is 16.9. The molecule has 6 nitrogen and oxygen atoms in total. The Morgan fingerprint density at radius 3 is 2.63 bits per heavy atom. The van der Waals surface area contributed by atoms with Crippen molar-refractivity contribution in [2.24, 2.45) is 22.2 Å². The van der Waals surface area contributed by atoms with E-state index in [1.807, 2.05) is 7.05 Å². The molecule has 2 aliphatic carbocycles. The molecule has 0 radical (unpaired) electrons.